The van der Waals surface area contributed by atoms with E-state index in [0.29, 0.717) is 10.7 Å². The molecule has 0 unspecified atom stereocenters. The van der Waals surface area contributed by atoms with Gasteiger partial charge in [-0.25, -0.2) is 8.42 Å². The smallest absolute Gasteiger partial charge is 0.245 e. The molecule has 0 saturated heterocycles. The van der Waals surface area contributed by atoms with E-state index in [9.17, 15) is 18.5 Å². The van der Waals surface area contributed by atoms with Gasteiger partial charge in [-0.15, -0.1) is 0 Å². The van der Waals surface area contributed by atoms with E-state index >= 15 is 0 Å². The number of nitrogens with one attached hydrogen (secondary N) is 1. The molecule has 130 valence electrons. The lowest BCUT2D eigenvalue weighted by Gasteiger charge is -2.23. The number of rotatable bonds is 5. The van der Waals surface area contributed by atoms with Crippen molar-refractivity contribution in [3.05, 3.63) is 58.6 Å². The molecular weight excluding hydrogens is 362 g/mol. The molecule has 0 spiro atoms. The van der Waals surface area contributed by atoms with E-state index in [-0.39, 0.29) is 11.3 Å². The van der Waals surface area contributed by atoms with Crippen LogP contribution in [0.25, 0.3) is 0 Å². The normalized spacial score (nSPS) is 10.8. The maximum atomic E-state index is 12.4. The second-order valence-corrected chi connectivity index (χ2v) is 7.75. The van der Waals surface area contributed by atoms with E-state index in [0.717, 1.165) is 16.1 Å². The zero-order chi connectivity index (χ0) is 18.6. The summed E-state index contributed by atoms with van der Waals surface area (Å²) in [6, 6.07) is 13.2. The van der Waals surface area contributed by atoms with Crippen molar-refractivity contribution in [2.75, 3.05) is 22.4 Å². The molecule has 0 heterocycles. The van der Waals surface area contributed by atoms with Crippen molar-refractivity contribution in [1.29, 1.82) is 5.26 Å². The first-order chi connectivity index (χ1) is 11.7. The molecule has 0 aliphatic carbocycles. The van der Waals surface area contributed by atoms with Crippen LogP contribution in [0.3, 0.4) is 0 Å². The number of nitriles is 1. The number of sulfonamides is 1. The molecule has 0 atom stereocenters. The number of aryl methyl sites for hydroxylation is 1. The van der Waals surface area contributed by atoms with Crippen LogP contribution >= 0.6 is 11.6 Å². The first-order valence-corrected chi connectivity index (χ1v) is 9.48. The number of carbonyl (C=O) groups excluding carboxylic acids is 1. The molecule has 0 radical (unpaired) electrons. The molecule has 2 aromatic carbocycles. The largest absolute Gasteiger partial charge is 0.324 e. The van der Waals surface area contributed by atoms with E-state index < -0.39 is 22.5 Å². The topological polar surface area (TPSA) is 90.3 Å². The summed E-state index contributed by atoms with van der Waals surface area (Å²) < 4.78 is 25.2. The zero-order valence-electron chi connectivity index (χ0n) is 13.7. The molecule has 0 aliphatic heterocycles. The minimum Gasteiger partial charge on any atom is -0.324 e. The van der Waals surface area contributed by atoms with Gasteiger partial charge in [0, 0.05) is 10.7 Å². The van der Waals surface area contributed by atoms with Gasteiger partial charge in [0.2, 0.25) is 15.9 Å². The standard InChI is InChI=1S/C17H16ClN3O3S/c1-12-7-8-14(18)9-15(12)20-17(22)11-21(25(2,23)24)16-6-4-3-5-13(16)10-19/h3-9H,11H2,1-2H3,(H,20,22). The van der Waals surface area contributed by atoms with Crippen molar-refractivity contribution in [2.45, 2.75) is 6.92 Å². The Labute approximate surface area is 151 Å². The highest BCUT2D eigenvalue weighted by Gasteiger charge is 2.23. The van der Waals surface area contributed by atoms with E-state index in [1.807, 2.05) is 6.07 Å². The Morgan fingerprint density at radius 3 is 2.60 bits per heavy atom. The molecule has 0 aromatic heterocycles. The molecule has 6 nitrogen and oxygen atoms in total. The van der Waals surface area contributed by atoms with Gasteiger partial charge in [-0.1, -0.05) is 29.8 Å². The molecule has 1 amide bonds. The molecule has 0 aliphatic rings. The number of hydrogen-bond donors (Lipinski definition) is 1. The molecule has 25 heavy (non-hydrogen) atoms. The van der Waals surface area contributed by atoms with Crippen LogP contribution in [0, 0.1) is 18.3 Å². The predicted octanol–water partition coefficient (Wildman–Crippen LogP) is 2.92. The zero-order valence-corrected chi connectivity index (χ0v) is 15.2. The third-order valence-corrected chi connectivity index (χ3v) is 4.82. The highest BCUT2D eigenvalue weighted by Crippen LogP contribution is 2.23. The first-order valence-electron chi connectivity index (χ1n) is 7.25. The van der Waals surface area contributed by atoms with Gasteiger partial charge in [0.1, 0.15) is 12.6 Å². The average molecular weight is 378 g/mol. The molecule has 0 fully saturated rings. The Balaban J connectivity index is 2.31. The summed E-state index contributed by atoms with van der Waals surface area (Å²) >= 11 is 5.92. The third-order valence-electron chi connectivity index (χ3n) is 3.45. The van der Waals surface area contributed by atoms with Gasteiger partial charge >= 0.3 is 0 Å². The quantitative estimate of drug-likeness (QED) is 0.867. The lowest BCUT2D eigenvalue weighted by atomic mass is 10.2. The van der Waals surface area contributed by atoms with Crippen molar-refractivity contribution in [3.63, 3.8) is 0 Å². The number of anilines is 2. The van der Waals surface area contributed by atoms with Crippen molar-refractivity contribution in [3.8, 4) is 6.07 Å². The van der Waals surface area contributed by atoms with Crippen LogP contribution in [-0.4, -0.2) is 27.1 Å². The molecule has 8 heteroatoms. The maximum absolute atomic E-state index is 12.4. The van der Waals surface area contributed by atoms with Crippen molar-refractivity contribution < 1.29 is 13.2 Å². The lowest BCUT2D eigenvalue weighted by Crippen LogP contribution is -2.38. The van der Waals surface area contributed by atoms with Crippen LogP contribution in [0.15, 0.2) is 42.5 Å². The molecule has 2 aromatic rings. The van der Waals surface area contributed by atoms with Crippen LogP contribution in [0.5, 0.6) is 0 Å². The summed E-state index contributed by atoms with van der Waals surface area (Å²) in [5, 5.41) is 12.3. The van der Waals surface area contributed by atoms with Gasteiger partial charge in [0.15, 0.2) is 0 Å². The van der Waals surface area contributed by atoms with Crippen molar-refractivity contribution in [2.24, 2.45) is 0 Å². The number of nitrogens with zero attached hydrogens (tertiary/aromatic N) is 2. The summed E-state index contributed by atoms with van der Waals surface area (Å²) in [6.07, 6.45) is 0.985. The van der Waals surface area contributed by atoms with Crippen molar-refractivity contribution in [1.82, 2.24) is 0 Å². The Bertz CT molecular complexity index is 952. The Morgan fingerprint density at radius 1 is 1.28 bits per heavy atom. The van der Waals surface area contributed by atoms with Crippen LogP contribution in [0.4, 0.5) is 11.4 Å². The fourth-order valence-electron chi connectivity index (χ4n) is 2.22. The second kappa shape index (κ2) is 7.55. The van der Waals surface area contributed by atoms with Crippen molar-refractivity contribution >= 4 is 38.9 Å². The monoisotopic (exact) mass is 377 g/mol. The Hall–Kier alpha value is -2.56. The summed E-state index contributed by atoms with van der Waals surface area (Å²) in [5.41, 5.74) is 1.62. The number of hydrogen-bond acceptors (Lipinski definition) is 4. The van der Waals surface area contributed by atoms with Crippen LogP contribution in [-0.2, 0) is 14.8 Å². The highest BCUT2D eigenvalue weighted by atomic mass is 35.5. The summed E-state index contributed by atoms with van der Waals surface area (Å²) in [4.78, 5) is 12.4. The number of para-hydroxylation sites is 1. The SMILES string of the molecule is Cc1ccc(Cl)cc1NC(=O)CN(c1ccccc1C#N)S(C)(=O)=O. The van der Waals surface area contributed by atoms with Gasteiger partial charge in [-0.05, 0) is 36.8 Å². The number of halogens is 1. The molecular formula is C17H16ClN3O3S. The van der Waals surface area contributed by atoms with Gasteiger partial charge in [-0.3, -0.25) is 9.10 Å². The minimum absolute atomic E-state index is 0.158. The summed E-state index contributed by atoms with van der Waals surface area (Å²) in [7, 11) is -3.76. The Kier molecular flexibility index (Phi) is 5.67. The first kappa shape index (κ1) is 18.8. The maximum Gasteiger partial charge on any atom is 0.245 e. The fourth-order valence-corrected chi connectivity index (χ4v) is 3.26. The van der Waals surface area contributed by atoms with Gasteiger partial charge in [-0.2, -0.15) is 5.26 Å². The van der Waals surface area contributed by atoms with Crippen LogP contribution < -0.4 is 9.62 Å². The number of carbonyl (C=O) groups is 1. The Morgan fingerprint density at radius 2 is 1.96 bits per heavy atom. The van der Waals surface area contributed by atoms with E-state index in [4.69, 9.17) is 11.6 Å². The highest BCUT2D eigenvalue weighted by molar-refractivity contribution is 7.92. The molecule has 1 N–H and O–H groups in total. The number of amides is 1. The minimum atomic E-state index is -3.76. The van der Waals surface area contributed by atoms with Gasteiger partial charge in [0.05, 0.1) is 17.5 Å². The van der Waals surface area contributed by atoms with E-state index in [1.54, 1.807) is 37.3 Å². The van der Waals surface area contributed by atoms with E-state index in [1.165, 1.54) is 12.1 Å². The van der Waals surface area contributed by atoms with Crippen LogP contribution in [0.2, 0.25) is 5.02 Å². The average Bonchev–Trinajstić information content (AvgIpc) is 2.55. The molecule has 2 rings (SSSR count). The molecule has 0 bridgehead atoms. The van der Waals surface area contributed by atoms with Gasteiger partial charge in [0.25, 0.3) is 0 Å². The van der Waals surface area contributed by atoms with Gasteiger partial charge < -0.3 is 5.32 Å². The number of benzene rings is 2. The summed E-state index contributed by atoms with van der Waals surface area (Å²) in [5.74, 6) is -0.538. The predicted molar refractivity (Wildman–Crippen MR) is 98.2 cm³/mol. The lowest BCUT2D eigenvalue weighted by molar-refractivity contribution is -0.114. The fraction of sp³-hybridized carbons (Fsp3) is 0.176. The van der Waals surface area contributed by atoms with E-state index in [2.05, 4.69) is 5.32 Å². The molecule has 0 saturated carbocycles. The van der Waals surface area contributed by atoms with Crippen LogP contribution in [0.1, 0.15) is 11.1 Å². The summed E-state index contributed by atoms with van der Waals surface area (Å²) in [6.45, 7) is 1.34. The second-order valence-electron chi connectivity index (χ2n) is 5.41. The third kappa shape index (κ3) is 4.72.